The lowest BCUT2D eigenvalue weighted by Gasteiger charge is -2.17. The van der Waals surface area contributed by atoms with Gasteiger partial charge >= 0.3 is 0 Å². The Morgan fingerprint density at radius 3 is 2.16 bits per heavy atom. The minimum atomic E-state index is -4.26. The topological polar surface area (TPSA) is 63.4 Å². The van der Waals surface area contributed by atoms with Crippen molar-refractivity contribution in [1.82, 2.24) is 4.31 Å². The molecule has 0 amide bonds. The highest BCUT2D eigenvalue weighted by Crippen LogP contribution is 2.36. The molecule has 0 spiro atoms. The fourth-order valence-corrected chi connectivity index (χ4v) is 4.83. The van der Waals surface area contributed by atoms with Crippen LogP contribution in [-0.4, -0.2) is 32.4 Å². The van der Waals surface area contributed by atoms with E-state index < -0.39 is 26.6 Å². The van der Waals surface area contributed by atoms with Crippen molar-refractivity contribution in [2.24, 2.45) is 11.7 Å². The lowest BCUT2D eigenvalue weighted by molar-refractivity contribution is 0.443. The Morgan fingerprint density at radius 2 is 1.60 bits per heavy atom. The van der Waals surface area contributed by atoms with Crippen LogP contribution in [0.5, 0.6) is 0 Å². The molecule has 1 aliphatic heterocycles. The first-order valence-electron chi connectivity index (χ1n) is 7.64. The zero-order valence-corrected chi connectivity index (χ0v) is 14.9. The molecular formula is C17H19ClF2N2O2S. The SMILES string of the molecule is Cl.NC[C@@H]1CN(S(=O)(=O)c2c(F)cccc2F)C[C@H]1c1ccccc1. The summed E-state index contributed by atoms with van der Waals surface area (Å²) in [7, 11) is -4.26. The average molecular weight is 389 g/mol. The van der Waals surface area contributed by atoms with E-state index in [1.807, 2.05) is 30.3 Å². The van der Waals surface area contributed by atoms with Crippen LogP contribution in [0.15, 0.2) is 53.4 Å². The van der Waals surface area contributed by atoms with Gasteiger partial charge < -0.3 is 5.73 Å². The molecule has 2 N–H and O–H groups in total. The van der Waals surface area contributed by atoms with E-state index in [0.717, 1.165) is 28.1 Å². The molecule has 0 unspecified atom stereocenters. The van der Waals surface area contributed by atoms with Crippen LogP contribution in [0.4, 0.5) is 8.78 Å². The summed E-state index contributed by atoms with van der Waals surface area (Å²) in [6.45, 7) is 0.597. The number of nitrogens with zero attached hydrogens (tertiary/aromatic N) is 1. The molecule has 3 rings (SSSR count). The fraction of sp³-hybridized carbons (Fsp3) is 0.294. The van der Waals surface area contributed by atoms with E-state index in [1.54, 1.807) is 0 Å². The summed E-state index contributed by atoms with van der Waals surface area (Å²) in [6.07, 6.45) is 0. The molecule has 1 fully saturated rings. The summed E-state index contributed by atoms with van der Waals surface area (Å²) in [4.78, 5) is -0.894. The zero-order chi connectivity index (χ0) is 17.3. The van der Waals surface area contributed by atoms with Crippen molar-refractivity contribution in [2.75, 3.05) is 19.6 Å². The van der Waals surface area contributed by atoms with Gasteiger partial charge in [0, 0.05) is 19.0 Å². The standard InChI is InChI=1S/C17H18F2N2O2S.ClH/c18-15-7-4-8-16(19)17(15)24(22,23)21-10-13(9-20)14(11-21)12-5-2-1-3-6-12;/h1-8,13-14H,9-11,20H2;1H/t13-,14+;/m1./s1. The second kappa shape index (κ2) is 7.78. The molecule has 0 aromatic heterocycles. The minimum absolute atomic E-state index is 0. The molecule has 2 aromatic carbocycles. The molecule has 4 nitrogen and oxygen atoms in total. The van der Waals surface area contributed by atoms with Gasteiger partial charge in [0.25, 0.3) is 0 Å². The summed E-state index contributed by atoms with van der Waals surface area (Å²) in [5.74, 6) is -2.36. The normalized spacial score (nSPS) is 21.1. The molecule has 2 atom stereocenters. The minimum Gasteiger partial charge on any atom is -0.330 e. The summed E-state index contributed by atoms with van der Waals surface area (Å²) in [5.41, 5.74) is 6.77. The molecular weight excluding hydrogens is 370 g/mol. The second-order valence-electron chi connectivity index (χ2n) is 5.89. The molecule has 136 valence electrons. The van der Waals surface area contributed by atoms with Crippen molar-refractivity contribution in [2.45, 2.75) is 10.8 Å². The van der Waals surface area contributed by atoms with E-state index in [1.165, 1.54) is 0 Å². The number of sulfonamides is 1. The van der Waals surface area contributed by atoms with Crippen LogP contribution in [0.2, 0.25) is 0 Å². The smallest absolute Gasteiger partial charge is 0.248 e. The number of hydrogen-bond acceptors (Lipinski definition) is 3. The third kappa shape index (κ3) is 3.69. The Kier molecular flexibility index (Phi) is 6.16. The van der Waals surface area contributed by atoms with Gasteiger partial charge in [0.05, 0.1) is 0 Å². The molecule has 2 aromatic rings. The first-order valence-corrected chi connectivity index (χ1v) is 9.08. The number of benzene rings is 2. The Morgan fingerprint density at radius 1 is 1.00 bits per heavy atom. The molecule has 0 radical (unpaired) electrons. The van der Waals surface area contributed by atoms with Crippen LogP contribution < -0.4 is 5.73 Å². The quantitative estimate of drug-likeness (QED) is 0.876. The predicted molar refractivity (Wildman–Crippen MR) is 94.1 cm³/mol. The van der Waals surface area contributed by atoms with Crippen LogP contribution in [-0.2, 0) is 10.0 Å². The van der Waals surface area contributed by atoms with Gasteiger partial charge in [-0.15, -0.1) is 12.4 Å². The summed E-state index contributed by atoms with van der Waals surface area (Å²) < 4.78 is 54.4. The molecule has 25 heavy (non-hydrogen) atoms. The van der Waals surface area contributed by atoms with Crippen LogP contribution in [0.3, 0.4) is 0 Å². The summed E-state index contributed by atoms with van der Waals surface area (Å²) in [6, 6.07) is 12.5. The van der Waals surface area contributed by atoms with Crippen molar-refractivity contribution < 1.29 is 17.2 Å². The first kappa shape index (κ1) is 19.8. The predicted octanol–water partition coefficient (Wildman–Crippen LogP) is 2.75. The molecule has 8 heteroatoms. The highest BCUT2D eigenvalue weighted by Gasteiger charge is 2.41. The lowest BCUT2D eigenvalue weighted by Crippen LogP contribution is -2.31. The van der Waals surface area contributed by atoms with Crippen molar-refractivity contribution in [1.29, 1.82) is 0 Å². The van der Waals surface area contributed by atoms with E-state index in [0.29, 0.717) is 6.54 Å². The van der Waals surface area contributed by atoms with Crippen LogP contribution in [0, 0.1) is 17.6 Å². The van der Waals surface area contributed by atoms with E-state index in [4.69, 9.17) is 5.73 Å². The van der Waals surface area contributed by atoms with E-state index >= 15 is 0 Å². The Bertz CT molecular complexity index is 814. The van der Waals surface area contributed by atoms with Gasteiger partial charge in [-0.1, -0.05) is 36.4 Å². The van der Waals surface area contributed by atoms with E-state index in [9.17, 15) is 17.2 Å². The van der Waals surface area contributed by atoms with Gasteiger partial charge in [0.2, 0.25) is 10.0 Å². The van der Waals surface area contributed by atoms with Gasteiger partial charge in [-0.3, -0.25) is 0 Å². The summed E-state index contributed by atoms with van der Waals surface area (Å²) >= 11 is 0. The fourth-order valence-electron chi connectivity index (χ4n) is 3.20. The van der Waals surface area contributed by atoms with Crippen molar-refractivity contribution in [3.8, 4) is 0 Å². The second-order valence-corrected chi connectivity index (χ2v) is 7.76. The molecule has 1 heterocycles. The third-order valence-corrected chi connectivity index (χ3v) is 6.34. The Balaban J connectivity index is 0.00000225. The molecule has 0 saturated carbocycles. The van der Waals surface area contributed by atoms with Gasteiger partial charge in [0.1, 0.15) is 11.6 Å². The van der Waals surface area contributed by atoms with Crippen molar-refractivity contribution in [3.63, 3.8) is 0 Å². The number of halogens is 3. The average Bonchev–Trinajstić information content (AvgIpc) is 3.00. The summed E-state index contributed by atoms with van der Waals surface area (Å²) in [5, 5.41) is 0. The third-order valence-electron chi connectivity index (χ3n) is 4.45. The highest BCUT2D eigenvalue weighted by molar-refractivity contribution is 7.89. The molecule has 0 bridgehead atoms. The van der Waals surface area contributed by atoms with Crippen molar-refractivity contribution in [3.05, 3.63) is 65.7 Å². The largest absolute Gasteiger partial charge is 0.330 e. The van der Waals surface area contributed by atoms with Crippen LogP contribution in [0.1, 0.15) is 11.5 Å². The van der Waals surface area contributed by atoms with E-state index in [-0.39, 0.29) is 37.3 Å². The van der Waals surface area contributed by atoms with Crippen molar-refractivity contribution >= 4 is 22.4 Å². The maximum absolute atomic E-state index is 13.9. The monoisotopic (exact) mass is 388 g/mol. The van der Waals surface area contributed by atoms with Crippen LogP contribution in [0.25, 0.3) is 0 Å². The van der Waals surface area contributed by atoms with Gasteiger partial charge in [-0.25, -0.2) is 17.2 Å². The first-order chi connectivity index (χ1) is 11.4. The number of nitrogens with two attached hydrogens (primary N) is 1. The molecule has 0 aliphatic carbocycles. The van der Waals surface area contributed by atoms with E-state index in [2.05, 4.69) is 0 Å². The number of hydrogen-bond donors (Lipinski definition) is 1. The molecule has 1 aliphatic rings. The Hall–Kier alpha value is -1.54. The lowest BCUT2D eigenvalue weighted by atomic mass is 9.89. The van der Waals surface area contributed by atoms with Gasteiger partial charge in [-0.2, -0.15) is 4.31 Å². The zero-order valence-electron chi connectivity index (χ0n) is 13.3. The maximum atomic E-state index is 13.9. The van der Waals surface area contributed by atoms with Crippen LogP contribution >= 0.6 is 12.4 Å². The van der Waals surface area contributed by atoms with Gasteiger partial charge in [-0.05, 0) is 30.2 Å². The highest BCUT2D eigenvalue weighted by atomic mass is 35.5. The Labute approximate surface area is 152 Å². The maximum Gasteiger partial charge on any atom is 0.248 e. The molecule has 1 saturated heterocycles. The van der Waals surface area contributed by atoms with Gasteiger partial charge in [0.15, 0.2) is 4.90 Å². The number of rotatable bonds is 4.